The number of hydrogen-bond acceptors (Lipinski definition) is 7. The maximum absolute atomic E-state index is 13.9. The van der Waals surface area contributed by atoms with Crippen molar-refractivity contribution < 1.29 is 14.3 Å². The van der Waals surface area contributed by atoms with E-state index >= 15 is 0 Å². The molecule has 2 aliphatic heterocycles. The van der Waals surface area contributed by atoms with Crippen LogP contribution in [-0.2, 0) is 11.2 Å². The van der Waals surface area contributed by atoms with Crippen molar-refractivity contribution in [2.75, 3.05) is 49.3 Å². The Morgan fingerprint density at radius 3 is 2.61 bits per heavy atom. The van der Waals surface area contributed by atoms with E-state index in [0.717, 1.165) is 42.4 Å². The van der Waals surface area contributed by atoms with Crippen LogP contribution < -0.4 is 20.3 Å². The normalized spacial score (nSPS) is 17.8. The summed E-state index contributed by atoms with van der Waals surface area (Å²) >= 11 is 0. The molecule has 1 atom stereocenters. The van der Waals surface area contributed by atoms with Gasteiger partial charge in [0.05, 0.1) is 5.41 Å². The minimum atomic E-state index is -0.589. The molecule has 2 amide bonds. The number of hydrogen-bond donors (Lipinski definition) is 2. The minimum absolute atomic E-state index is 0.0277. The van der Waals surface area contributed by atoms with Crippen molar-refractivity contribution in [3.8, 4) is 5.75 Å². The first-order valence-electron chi connectivity index (χ1n) is 13.0. The second-order valence-corrected chi connectivity index (χ2v) is 10.4. The first-order valence-corrected chi connectivity index (χ1v) is 13.0. The van der Waals surface area contributed by atoms with Crippen LogP contribution in [0.5, 0.6) is 5.75 Å². The first kappa shape index (κ1) is 25.5. The zero-order chi connectivity index (χ0) is 26.7. The molecule has 3 aromatic rings. The van der Waals surface area contributed by atoms with E-state index in [1.54, 1.807) is 38.6 Å². The predicted octanol–water partition coefficient (Wildman–Crippen LogP) is 4.53. The Bertz CT molecular complexity index is 1300. The molecule has 2 aliphatic rings. The summed E-state index contributed by atoms with van der Waals surface area (Å²) in [5.41, 5.74) is 2.30. The van der Waals surface area contributed by atoms with E-state index in [4.69, 9.17) is 4.74 Å². The summed E-state index contributed by atoms with van der Waals surface area (Å²) in [7, 11) is 3.25. The van der Waals surface area contributed by atoms with Gasteiger partial charge in [-0.1, -0.05) is 43.3 Å². The van der Waals surface area contributed by atoms with E-state index in [1.165, 1.54) is 4.90 Å². The molecule has 1 saturated heterocycles. The summed E-state index contributed by atoms with van der Waals surface area (Å²) in [5, 5.41) is 6.49. The highest BCUT2D eigenvalue weighted by molar-refractivity contribution is 5.96. The van der Waals surface area contributed by atoms with Crippen molar-refractivity contribution in [2.45, 2.75) is 32.1 Å². The highest BCUT2D eigenvalue weighted by Gasteiger charge is 2.42. The predicted molar refractivity (Wildman–Crippen MR) is 148 cm³/mol. The summed E-state index contributed by atoms with van der Waals surface area (Å²) in [6, 6.07) is 17.1. The Hall–Kier alpha value is -4.14. The molecule has 0 saturated carbocycles. The van der Waals surface area contributed by atoms with E-state index in [2.05, 4.69) is 44.6 Å². The van der Waals surface area contributed by atoms with Crippen LogP contribution in [0.3, 0.4) is 0 Å². The summed E-state index contributed by atoms with van der Waals surface area (Å²) in [6.07, 6.45) is 3.16. The molecule has 2 N–H and O–H groups in total. The first-order chi connectivity index (χ1) is 18.3. The summed E-state index contributed by atoms with van der Waals surface area (Å²) in [6.45, 7) is 4.48. The fourth-order valence-electron chi connectivity index (χ4n) is 5.30. The van der Waals surface area contributed by atoms with Crippen LogP contribution in [0.2, 0.25) is 0 Å². The number of rotatable bonds is 6. The van der Waals surface area contributed by atoms with E-state index < -0.39 is 11.5 Å². The number of nitrogens with zero attached hydrogens (tertiary/aromatic N) is 4. The topological polar surface area (TPSA) is 99.7 Å². The standard InChI is InChI=1S/C29H34N6O3/c1-20-18-30-25-24(20)26(32-19-31-25)35-14-12-29(13-15-35,17-21-8-5-4-6-9-21)27(36)33-22-10-7-11-23(16-22)38-28(37)34(2)3/h4-11,16,19-20H,12-15,17-18H2,1-3H3,(H,33,36)(H,30,31,32). The number of carbonyl (C=O) groups is 2. The molecule has 1 aromatic heterocycles. The molecule has 3 heterocycles. The van der Waals surface area contributed by atoms with Crippen molar-refractivity contribution in [2.24, 2.45) is 5.41 Å². The fraction of sp³-hybridized carbons (Fsp3) is 0.379. The van der Waals surface area contributed by atoms with E-state index in [-0.39, 0.29) is 5.91 Å². The van der Waals surface area contributed by atoms with Gasteiger partial charge in [0.15, 0.2) is 0 Å². The van der Waals surface area contributed by atoms with Gasteiger partial charge in [0, 0.05) is 57.0 Å². The second-order valence-electron chi connectivity index (χ2n) is 10.4. The SMILES string of the molecule is CC1CNc2ncnc(N3CCC(Cc4ccccc4)(C(=O)Nc4cccc(OC(=O)N(C)C)c4)CC3)c21. The third-order valence-electron chi connectivity index (χ3n) is 7.48. The molecule has 5 rings (SSSR count). The lowest BCUT2D eigenvalue weighted by Crippen LogP contribution is -2.48. The van der Waals surface area contributed by atoms with Gasteiger partial charge in [-0.15, -0.1) is 0 Å². The molecular weight excluding hydrogens is 480 g/mol. The molecule has 0 bridgehead atoms. The van der Waals surface area contributed by atoms with Gasteiger partial charge in [-0.3, -0.25) is 4.79 Å². The minimum Gasteiger partial charge on any atom is -0.410 e. The highest BCUT2D eigenvalue weighted by Crippen LogP contribution is 2.41. The number of benzene rings is 2. The van der Waals surface area contributed by atoms with E-state index in [1.807, 2.05) is 24.3 Å². The number of piperidine rings is 1. The van der Waals surface area contributed by atoms with E-state index in [0.29, 0.717) is 36.6 Å². The Kier molecular flexibility index (Phi) is 7.18. The number of amides is 2. The molecular formula is C29H34N6O3. The highest BCUT2D eigenvalue weighted by atomic mass is 16.6. The van der Waals surface area contributed by atoms with Gasteiger partial charge >= 0.3 is 6.09 Å². The van der Waals surface area contributed by atoms with Crippen LogP contribution in [0.15, 0.2) is 60.9 Å². The number of anilines is 3. The summed E-state index contributed by atoms with van der Waals surface area (Å²) in [4.78, 5) is 38.6. The largest absolute Gasteiger partial charge is 0.414 e. The van der Waals surface area contributed by atoms with Gasteiger partial charge in [0.1, 0.15) is 23.7 Å². The summed E-state index contributed by atoms with van der Waals surface area (Å²) in [5.74, 6) is 2.58. The zero-order valence-corrected chi connectivity index (χ0v) is 22.1. The van der Waals surface area contributed by atoms with Crippen molar-refractivity contribution >= 4 is 29.3 Å². The van der Waals surface area contributed by atoms with Gasteiger partial charge in [-0.2, -0.15) is 0 Å². The molecule has 0 radical (unpaired) electrons. The molecule has 0 spiro atoms. The smallest absolute Gasteiger partial charge is 0.410 e. The molecule has 0 aliphatic carbocycles. The summed E-state index contributed by atoms with van der Waals surface area (Å²) < 4.78 is 5.38. The van der Waals surface area contributed by atoms with Crippen LogP contribution >= 0.6 is 0 Å². The molecule has 1 fully saturated rings. The van der Waals surface area contributed by atoms with Gasteiger partial charge < -0.3 is 25.2 Å². The van der Waals surface area contributed by atoms with Crippen LogP contribution in [0, 0.1) is 5.41 Å². The fourth-order valence-corrected chi connectivity index (χ4v) is 5.30. The Labute approximate surface area is 223 Å². The lowest BCUT2D eigenvalue weighted by molar-refractivity contribution is -0.126. The van der Waals surface area contributed by atoms with Crippen molar-refractivity contribution in [3.05, 3.63) is 72.1 Å². The van der Waals surface area contributed by atoms with Crippen LogP contribution in [0.4, 0.5) is 22.1 Å². The molecule has 9 heteroatoms. The molecule has 198 valence electrons. The van der Waals surface area contributed by atoms with E-state index in [9.17, 15) is 9.59 Å². The Morgan fingerprint density at radius 1 is 1.11 bits per heavy atom. The number of nitrogens with one attached hydrogen (secondary N) is 2. The maximum atomic E-state index is 13.9. The van der Waals surface area contributed by atoms with Gasteiger partial charge in [0.25, 0.3) is 0 Å². The maximum Gasteiger partial charge on any atom is 0.414 e. The monoisotopic (exact) mass is 514 g/mol. The number of carbonyl (C=O) groups excluding carboxylic acids is 2. The zero-order valence-electron chi connectivity index (χ0n) is 22.1. The average Bonchev–Trinajstić information content (AvgIpc) is 3.31. The molecule has 2 aromatic carbocycles. The van der Waals surface area contributed by atoms with Crippen molar-refractivity contribution in [1.82, 2.24) is 14.9 Å². The van der Waals surface area contributed by atoms with Crippen LogP contribution in [-0.4, -0.2) is 60.6 Å². The lowest BCUT2D eigenvalue weighted by Gasteiger charge is -2.41. The number of fused-ring (bicyclic) bond motifs is 1. The van der Waals surface area contributed by atoms with Gasteiger partial charge in [0.2, 0.25) is 5.91 Å². The van der Waals surface area contributed by atoms with Crippen LogP contribution in [0.1, 0.15) is 36.8 Å². The van der Waals surface area contributed by atoms with Crippen molar-refractivity contribution in [3.63, 3.8) is 0 Å². The molecule has 9 nitrogen and oxygen atoms in total. The lowest BCUT2D eigenvalue weighted by atomic mass is 9.72. The van der Waals surface area contributed by atoms with Gasteiger partial charge in [-0.05, 0) is 37.0 Å². The second kappa shape index (κ2) is 10.7. The molecule has 1 unspecified atom stereocenters. The van der Waals surface area contributed by atoms with Crippen LogP contribution in [0.25, 0.3) is 0 Å². The Morgan fingerprint density at radius 2 is 1.87 bits per heavy atom. The third-order valence-corrected chi connectivity index (χ3v) is 7.48. The number of ether oxygens (including phenoxy) is 1. The number of aromatic nitrogens is 2. The molecule has 38 heavy (non-hydrogen) atoms. The Balaban J connectivity index is 1.36. The average molecular weight is 515 g/mol. The van der Waals surface area contributed by atoms with Crippen molar-refractivity contribution in [1.29, 1.82) is 0 Å². The van der Waals surface area contributed by atoms with Gasteiger partial charge in [-0.25, -0.2) is 14.8 Å². The third kappa shape index (κ3) is 5.27. The quantitative estimate of drug-likeness (QED) is 0.498.